The summed E-state index contributed by atoms with van der Waals surface area (Å²) >= 11 is 0. The molecule has 0 fully saturated rings. The minimum atomic E-state index is -4.32. The largest absolute Gasteiger partial charge is 0.401 e. The maximum absolute atomic E-state index is 11.8. The number of methoxy groups -OCH3 is 1. The molecule has 0 saturated heterocycles. The van der Waals surface area contributed by atoms with E-state index in [1.807, 2.05) is 0 Å². The van der Waals surface area contributed by atoms with Gasteiger partial charge in [-0.3, -0.25) is 0 Å². The first-order valence-corrected chi connectivity index (χ1v) is 6.88. The number of rotatable bonds is 8. The Morgan fingerprint density at radius 2 is 1.94 bits per heavy atom. The van der Waals surface area contributed by atoms with Crippen LogP contribution in [0, 0.1) is 0 Å². The predicted molar refractivity (Wildman–Crippen MR) is 58.7 cm³/mol. The van der Waals surface area contributed by atoms with Crippen molar-refractivity contribution in [2.24, 2.45) is 0 Å². The monoisotopic (exact) mass is 277 g/mol. The van der Waals surface area contributed by atoms with E-state index in [2.05, 4.69) is 5.32 Å². The molecular formula is C9H18F3NO3S. The topological polar surface area (TPSA) is 55.4 Å². The lowest BCUT2D eigenvalue weighted by Crippen LogP contribution is -2.37. The zero-order chi connectivity index (χ0) is 13.5. The van der Waals surface area contributed by atoms with Gasteiger partial charge in [-0.2, -0.15) is 13.2 Å². The smallest absolute Gasteiger partial charge is 0.385 e. The number of hydrogen-bond acceptors (Lipinski definition) is 4. The third kappa shape index (κ3) is 8.39. The molecule has 0 heterocycles. The standard InChI is InChI=1S/C9H18F3NO3S/c1-8(6-13-7-9(10,11)12)17(14,15)5-3-4-16-2/h8,13H,3-7H2,1-2H3. The normalized spacial score (nSPS) is 14.9. The quantitative estimate of drug-likeness (QED) is 0.672. The van der Waals surface area contributed by atoms with E-state index in [-0.39, 0.29) is 12.3 Å². The summed E-state index contributed by atoms with van der Waals surface area (Å²) in [5, 5.41) is 1.25. The predicted octanol–water partition coefficient (Wildman–Crippen LogP) is 0.978. The Morgan fingerprint density at radius 3 is 2.41 bits per heavy atom. The second-order valence-corrected chi connectivity index (χ2v) is 6.31. The number of halogens is 3. The van der Waals surface area contributed by atoms with Crippen molar-refractivity contribution >= 4 is 9.84 Å². The Labute approximate surface area is 99.4 Å². The SMILES string of the molecule is COCCCS(=O)(=O)C(C)CNCC(F)(F)F. The molecule has 0 rings (SSSR count). The lowest BCUT2D eigenvalue weighted by Gasteiger charge is -2.14. The molecule has 104 valence electrons. The van der Waals surface area contributed by atoms with Gasteiger partial charge in [-0.1, -0.05) is 0 Å². The van der Waals surface area contributed by atoms with Gasteiger partial charge in [0, 0.05) is 20.3 Å². The van der Waals surface area contributed by atoms with Crippen molar-refractivity contribution in [3.8, 4) is 0 Å². The zero-order valence-electron chi connectivity index (χ0n) is 9.88. The molecule has 0 saturated carbocycles. The Hall–Kier alpha value is -0.340. The zero-order valence-corrected chi connectivity index (χ0v) is 10.7. The van der Waals surface area contributed by atoms with E-state index in [9.17, 15) is 21.6 Å². The Morgan fingerprint density at radius 1 is 1.35 bits per heavy atom. The van der Waals surface area contributed by atoms with Crippen LogP contribution in [0.15, 0.2) is 0 Å². The van der Waals surface area contributed by atoms with E-state index in [1.165, 1.54) is 14.0 Å². The maximum atomic E-state index is 11.8. The molecule has 8 heteroatoms. The number of ether oxygens (including phenoxy) is 1. The first kappa shape index (κ1) is 16.7. The van der Waals surface area contributed by atoms with Gasteiger partial charge in [0.15, 0.2) is 9.84 Å². The van der Waals surface area contributed by atoms with Crippen molar-refractivity contribution in [3.05, 3.63) is 0 Å². The van der Waals surface area contributed by atoms with Gasteiger partial charge in [0.2, 0.25) is 0 Å². The number of nitrogens with one attached hydrogen (secondary N) is 1. The van der Waals surface area contributed by atoms with Crippen LogP contribution in [-0.4, -0.2) is 52.4 Å². The minimum Gasteiger partial charge on any atom is -0.385 e. The molecule has 0 aromatic carbocycles. The van der Waals surface area contributed by atoms with E-state index in [1.54, 1.807) is 0 Å². The fourth-order valence-corrected chi connectivity index (χ4v) is 2.44. The molecule has 0 bridgehead atoms. The first-order valence-electron chi connectivity index (χ1n) is 5.17. The summed E-state index contributed by atoms with van der Waals surface area (Å²) in [5.41, 5.74) is 0. The molecule has 1 N–H and O–H groups in total. The van der Waals surface area contributed by atoms with Crippen LogP contribution in [0.25, 0.3) is 0 Å². The van der Waals surface area contributed by atoms with Crippen LogP contribution in [0.4, 0.5) is 13.2 Å². The number of alkyl halides is 3. The van der Waals surface area contributed by atoms with Crippen LogP contribution < -0.4 is 5.32 Å². The number of hydrogen-bond donors (Lipinski definition) is 1. The van der Waals surface area contributed by atoms with Gasteiger partial charge < -0.3 is 10.1 Å². The van der Waals surface area contributed by atoms with Crippen LogP contribution in [0.2, 0.25) is 0 Å². The maximum Gasteiger partial charge on any atom is 0.401 e. The third-order valence-corrected chi connectivity index (χ3v) is 4.40. The summed E-state index contributed by atoms with van der Waals surface area (Å²) in [6.45, 7) is 0.340. The molecule has 1 atom stereocenters. The van der Waals surface area contributed by atoms with Gasteiger partial charge in [0.25, 0.3) is 0 Å². The van der Waals surface area contributed by atoms with Crippen molar-refractivity contribution in [3.63, 3.8) is 0 Å². The van der Waals surface area contributed by atoms with Crippen molar-refractivity contribution in [1.29, 1.82) is 0 Å². The number of sulfone groups is 1. The van der Waals surface area contributed by atoms with E-state index in [0.717, 1.165) is 0 Å². The molecule has 1 unspecified atom stereocenters. The molecule has 17 heavy (non-hydrogen) atoms. The Balaban J connectivity index is 3.99. The summed E-state index contributed by atoms with van der Waals surface area (Å²) < 4.78 is 63.3. The van der Waals surface area contributed by atoms with E-state index >= 15 is 0 Å². The van der Waals surface area contributed by atoms with Crippen molar-refractivity contribution in [2.45, 2.75) is 24.8 Å². The van der Waals surface area contributed by atoms with Crippen LogP contribution in [0.1, 0.15) is 13.3 Å². The molecular weight excluding hydrogens is 259 g/mol. The van der Waals surface area contributed by atoms with Gasteiger partial charge in [0.05, 0.1) is 17.5 Å². The molecule has 0 aliphatic rings. The van der Waals surface area contributed by atoms with Crippen molar-refractivity contribution < 1.29 is 26.3 Å². The summed E-state index contributed by atoms with van der Waals surface area (Å²) in [7, 11) is -1.90. The highest BCUT2D eigenvalue weighted by Gasteiger charge is 2.28. The van der Waals surface area contributed by atoms with E-state index in [4.69, 9.17) is 4.74 Å². The summed E-state index contributed by atoms with van der Waals surface area (Å²) in [5.74, 6) is -0.0737. The fraction of sp³-hybridized carbons (Fsp3) is 1.00. The molecule has 0 aliphatic heterocycles. The first-order chi connectivity index (χ1) is 7.69. The van der Waals surface area contributed by atoms with Gasteiger partial charge >= 0.3 is 6.18 Å². The van der Waals surface area contributed by atoms with Crippen LogP contribution >= 0.6 is 0 Å². The van der Waals surface area contributed by atoms with Gasteiger partial charge in [-0.15, -0.1) is 0 Å². The van der Waals surface area contributed by atoms with Crippen LogP contribution in [0.5, 0.6) is 0 Å². The average Bonchev–Trinajstić information content (AvgIpc) is 2.15. The van der Waals surface area contributed by atoms with E-state index < -0.39 is 27.8 Å². The molecule has 0 aromatic heterocycles. The summed E-state index contributed by atoms with van der Waals surface area (Å²) in [6, 6.07) is 0. The van der Waals surface area contributed by atoms with Crippen LogP contribution in [-0.2, 0) is 14.6 Å². The lowest BCUT2D eigenvalue weighted by atomic mass is 10.4. The molecule has 0 amide bonds. The fourth-order valence-electron chi connectivity index (χ4n) is 1.15. The molecule has 0 aliphatic carbocycles. The summed E-state index contributed by atoms with van der Waals surface area (Å²) in [4.78, 5) is 0. The van der Waals surface area contributed by atoms with E-state index in [0.29, 0.717) is 13.0 Å². The second kappa shape index (κ2) is 7.17. The minimum absolute atomic E-state index is 0.0737. The highest BCUT2D eigenvalue weighted by molar-refractivity contribution is 7.92. The molecule has 4 nitrogen and oxygen atoms in total. The molecule has 0 radical (unpaired) electrons. The third-order valence-electron chi connectivity index (χ3n) is 2.15. The van der Waals surface area contributed by atoms with Crippen molar-refractivity contribution in [2.75, 3.05) is 32.6 Å². The molecule has 0 spiro atoms. The van der Waals surface area contributed by atoms with Gasteiger partial charge in [-0.25, -0.2) is 8.42 Å². The van der Waals surface area contributed by atoms with Gasteiger partial charge in [0.1, 0.15) is 0 Å². The average molecular weight is 277 g/mol. The Kier molecular flexibility index (Phi) is 7.03. The second-order valence-electron chi connectivity index (χ2n) is 3.77. The highest BCUT2D eigenvalue weighted by Crippen LogP contribution is 2.12. The lowest BCUT2D eigenvalue weighted by molar-refractivity contribution is -0.124. The van der Waals surface area contributed by atoms with Crippen LogP contribution in [0.3, 0.4) is 0 Å². The van der Waals surface area contributed by atoms with Crippen molar-refractivity contribution in [1.82, 2.24) is 5.32 Å². The Bertz CT molecular complexity index is 303. The van der Waals surface area contributed by atoms with Gasteiger partial charge in [-0.05, 0) is 13.3 Å². The highest BCUT2D eigenvalue weighted by atomic mass is 32.2. The molecule has 0 aromatic rings. The summed E-state index contributed by atoms with van der Waals surface area (Å²) in [6.07, 6.45) is -3.97.